The van der Waals surface area contributed by atoms with E-state index in [9.17, 15) is 17.6 Å². The Labute approximate surface area is 155 Å². The van der Waals surface area contributed by atoms with Crippen molar-refractivity contribution in [3.63, 3.8) is 0 Å². The average molecular weight is 375 g/mol. The lowest BCUT2D eigenvalue weighted by atomic mass is 9.98. The Balaban J connectivity index is 1.66. The fourth-order valence-corrected chi connectivity index (χ4v) is 4.00. The molecule has 141 valence electrons. The van der Waals surface area contributed by atoms with Gasteiger partial charge in [-0.15, -0.1) is 0 Å². The zero-order valence-electron chi connectivity index (χ0n) is 14.9. The van der Waals surface area contributed by atoms with E-state index in [1.165, 1.54) is 5.56 Å². The van der Waals surface area contributed by atoms with Crippen LogP contribution in [0.15, 0.2) is 42.6 Å². The molecule has 1 fully saturated rings. The number of aromatic nitrogens is 1. The van der Waals surface area contributed by atoms with Crippen LogP contribution in [0.4, 0.5) is 23.2 Å². The third-order valence-electron chi connectivity index (χ3n) is 5.32. The van der Waals surface area contributed by atoms with Crippen LogP contribution in [-0.4, -0.2) is 17.7 Å². The number of benzene rings is 2. The highest BCUT2D eigenvalue weighted by Gasteiger charge is 2.37. The molecule has 0 saturated carbocycles. The van der Waals surface area contributed by atoms with Crippen molar-refractivity contribution >= 4 is 16.6 Å². The van der Waals surface area contributed by atoms with E-state index in [1.807, 2.05) is 12.1 Å². The van der Waals surface area contributed by atoms with Crippen molar-refractivity contribution in [1.29, 1.82) is 0 Å². The first-order valence-electron chi connectivity index (χ1n) is 9.00. The lowest BCUT2D eigenvalue weighted by molar-refractivity contribution is -0.139. The zero-order chi connectivity index (χ0) is 19.2. The number of hydrogen-bond donors (Lipinski definition) is 0. The van der Waals surface area contributed by atoms with Gasteiger partial charge in [0.15, 0.2) is 5.82 Å². The van der Waals surface area contributed by atoms with Gasteiger partial charge in [-0.1, -0.05) is 24.3 Å². The van der Waals surface area contributed by atoms with Gasteiger partial charge in [0.1, 0.15) is 0 Å². The molecule has 1 radical (unpaired) electrons. The monoisotopic (exact) mass is 375 g/mol. The summed E-state index contributed by atoms with van der Waals surface area (Å²) in [6.45, 7) is 3.90. The van der Waals surface area contributed by atoms with Gasteiger partial charge in [-0.25, -0.2) is 4.39 Å². The SMILES string of the molecule is CCn1cc(C2CCN(c3[c]ccc(C(F)(F)F)c3F)C2)c2ccccc21. The summed E-state index contributed by atoms with van der Waals surface area (Å²) in [5.41, 5.74) is 0.987. The standard InChI is InChI=1S/C21H19F4N2/c1-2-26-13-16(15-6-3-4-8-18(15)26)14-10-11-27(12-14)19-9-5-7-17(20(19)22)21(23,24)25/h3-8,13-14H,2,10-12H2,1H3. The number of anilines is 1. The van der Waals surface area contributed by atoms with Crippen LogP contribution in [-0.2, 0) is 12.7 Å². The Morgan fingerprint density at radius 1 is 1.19 bits per heavy atom. The molecule has 0 aliphatic carbocycles. The van der Waals surface area contributed by atoms with Crippen LogP contribution < -0.4 is 4.90 Å². The molecule has 0 spiro atoms. The number of halogens is 4. The molecule has 1 aliphatic heterocycles. The summed E-state index contributed by atoms with van der Waals surface area (Å²) in [5, 5.41) is 1.15. The van der Waals surface area contributed by atoms with Crippen LogP contribution in [0.25, 0.3) is 10.9 Å². The molecule has 0 bridgehead atoms. The van der Waals surface area contributed by atoms with Crippen molar-refractivity contribution in [3.05, 3.63) is 65.6 Å². The van der Waals surface area contributed by atoms with Gasteiger partial charge in [0.25, 0.3) is 0 Å². The van der Waals surface area contributed by atoms with Crippen LogP contribution in [0, 0.1) is 11.9 Å². The smallest absolute Gasteiger partial charge is 0.368 e. The van der Waals surface area contributed by atoms with Crippen molar-refractivity contribution < 1.29 is 17.6 Å². The van der Waals surface area contributed by atoms with Crippen LogP contribution in [0.1, 0.15) is 30.4 Å². The maximum absolute atomic E-state index is 14.5. The topological polar surface area (TPSA) is 8.17 Å². The molecule has 0 N–H and O–H groups in total. The number of para-hydroxylation sites is 1. The Bertz CT molecular complexity index is 974. The van der Waals surface area contributed by atoms with E-state index in [0.29, 0.717) is 13.1 Å². The number of alkyl halides is 3. The molecule has 1 saturated heterocycles. The predicted octanol–water partition coefficient (Wildman–Crippen LogP) is 5.61. The normalized spacial score (nSPS) is 17.8. The lowest BCUT2D eigenvalue weighted by Crippen LogP contribution is -2.22. The number of aryl methyl sites for hydroxylation is 1. The van der Waals surface area contributed by atoms with E-state index in [4.69, 9.17) is 0 Å². The maximum Gasteiger partial charge on any atom is 0.419 e. The summed E-state index contributed by atoms with van der Waals surface area (Å²) in [6.07, 6.45) is -1.83. The van der Waals surface area contributed by atoms with Gasteiger partial charge >= 0.3 is 6.18 Å². The van der Waals surface area contributed by atoms with E-state index in [0.717, 1.165) is 36.0 Å². The minimum atomic E-state index is -4.71. The summed E-state index contributed by atoms with van der Waals surface area (Å²) in [4.78, 5) is 1.67. The molecule has 6 heteroatoms. The predicted molar refractivity (Wildman–Crippen MR) is 97.4 cm³/mol. The first kappa shape index (κ1) is 17.9. The van der Waals surface area contributed by atoms with Crippen LogP contribution in [0.5, 0.6) is 0 Å². The second-order valence-electron chi connectivity index (χ2n) is 6.87. The minimum Gasteiger partial charge on any atom is -0.368 e. The summed E-state index contributed by atoms with van der Waals surface area (Å²) >= 11 is 0. The van der Waals surface area contributed by atoms with E-state index in [2.05, 4.69) is 35.9 Å². The van der Waals surface area contributed by atoms with Crippen molar-refractivity contribution in [2.24, 2.45) is 0 Å². The Hall–Kier alpha value is -2.50. The highest BCUT2D eigenvalue weighted by molar-refractivity contribution is 5.84. The second-order valence-corrected chi connectivity index (χ2v) is 6.87. The van der Waals surface area contributed by atoms with Gasteiger partial charge in [-0.05, 0) is 31.0 Å². The molecule has 27 heavy (non-hydrogen) atoms. The van der Waals surface area contributed by atoms with Crippen molar-refractivity contribution in [3.8, 4) is 0 Å². The van der Waals surface area contributed by atoms with E-state index < -0.39 is 17.6 Å². The van der Waals surface area contributed by atoms with E-state index in [-0.39, 0.29) is 11.6 Å². The number of hydrogen-bond acceptors (Lipinski definition) is 1. The first-order chi connectivity index (χ1) is 12.9. The molecule has 1 aliphatic rings. The number of fused-ring (bicyclic) bond motifs is 1. The van der Waals surface area contributed by atoms with E-state index >= 15 is 0 Å². The van der Waals surface area contributed by atoms with E-state index in [1.54, 1.807) is 4.90 Å². The minimum absolute atomic E-state index is 0.0912. The molecule has 2 heterocycles. The zero-order valence-corrected chi connectivity index (χ0v) is 14.9. The second kappa shape index (κ2) is 6.59. The number of nitrogens with zero attached hydrogens (tertiary/aromatic N) is 2. The molecular weight excluding hydrogens is 356 g/mol. The van der Waals surface area contributed by atoms with Gasteiger partial charge < -0.3 is 9.47 Å². The lowest BCUT2D eigenvalue weighted by Gasteiger charge is -2.21. The van der Waals surface area contributed by atoms with Crippen molar-refractivity contribution in [2.75, 3.05) is 18.0 Å². The summed E-state index contributed by atoms with van der Waals surface area (Å²) in [6, 6.07) is 12.7. The van der Waals surface area contributed by atoms with Crippen molar-refractivity contribution in [2.45, 2.75) is 32.0 Å². The molecule has 4 rings (SSSR count). The van der Waals surface area contributed by atoms with Gasteiger partial charge in [0.2, 0.25) is 0 Å². The number of rotatable bonds is 3. The van der Waals surface area contributed by atoms with Gasteiger partial charge in [-0.3, -0.25) is 0 Å². The molecule has 2 aromatic carbocycles. The molecule has 2 nitrogen and oxygen atoms in total. The van der Waals surface area contributed by atoms with Gasteiger partial charge in [-0.2, -0.15) is 13.2 Å². The Kier molecular flexibility index (Phi) is 4.36. The largest absolute Gasteiger partial charge is 0.419 e. The fraction of sp³-hybridized carbons (Fsp3) is 0.333. The Morgan fingerprint density at radius 3 is 2.70 bits per heavy atom. The third kappa shape index (κ3) is 3.07. The maximum atomic E-state index is 14.5. The fourth-order valence-electron chi connectivity index (χ4n) is 4.00. The molecule has 1 aromatic heterocycles. The summed E-state index contributed by atoms with van der Waals surface area (Å²) in [5.74, 6) is -1.09. The van der Waals surface area contributed by atoms with Crippen molar-refractivity contribution in [1.82, 2.24) is 4.57 Å². The molecule has 0 amide bonds. The highest BCUT2D eigenvalue weighted by atomic mass is 19.4. The molecule has 3 aromatic rings. The summed E-state index contributed by atoms with van der Waals surface area (Å²) in [7, 11) is 0. The van der Waals surface area contributed by atoms with Crippen LogP contribution >= 0.6 is 0 Å². The average Bonchev–Trinajstić information content (AvgIpc) is 3.25. The molecule has 1 unspecified atom stereocenters. The summed E-state index contributed by atoms with van der Waals surface area (Å²) < 4.78 is 55.6. The van der Waals surface area contributed by atoms with Gasteiger partial charge in [0, 0.05) is 48.7 Å². The van der Waals surface area contributed by atoms with Gasteiger partial charge in [0.05, 0.1) is 11.3 Å². The quantitative estimate of drug-likeness (QED) is 0.540. The molecular formula is C21H19F4N2. The highest BCUT2D eigenvalue weighted by Crippen LogP contribution is 2.39. The molecule has 1 atom stereocenters. The third-order valence-corrected chi connectivity index (χ3v) is 5.32. The Morgan fingerprint density at radius 2 is 1.96 bits per heavy atom. The van der Waals surface area contributed by atoms with Crippen LogP contribution in [0.3, 0.4) is 0 Å². The first-order valence-corrected chi connectivity index (χ1v) is 9.00. The van der Waals surface area contributed by atoms with Crippen LogP contribution in [0.2, 0.25) is 0 Å².